The number of nitro benzene ring substituents is 1. The third kappa shape index (κ3) is 3.41. The minimum absolute atomic E-state index is 0.0648. The molecule has 0 heterocycles. The van der Waals surface area contributed by atoms with Gasteiger partial charge in [-0.25, -0.2) is 0 Å². The van der Waals surface area contributed by atoms with Crippen LogP contribution in [0.4, 0.5) is 5.69 Å². The zero-order chi connectivity index (χ0) is 16.3. The largest absolute Gasteiger partial charge is 0.450 e. The van der Waals surface area contributed by atoms with Crippen LogP contribution in [0.1, 0.15) is 35.7 Å². The Morgan fingerprint density at radius 1 is 1.23 bits per heavy atom. The Bertz CT molecular complexity index is 726. The van der Waals surface area contributed by atoms with E-state index >= 15 is 0 Å². The van der Waals surface area contributed by atoms with Crippen LogP contribution in [0.5, 0.6) is 11.5 Å². The maximum Gasteiger partial charge on any atom is 0.312 e. The Morgan fingerprint density at radius 3 is 2.55 bits per heavy atom. The number of hydrogen-bond acceptors (Lipinski definition) is 4. The molecule has 0 atom stereocenters. The van der Waals surface area contributed by atoms with Crippen LogP contribution in [0.25, 0.3) is 0 Å². The average molecular weight is 300 g/mol. The molecular weight excluding hydrogens is 284 g/mol. The Kier molecular flexibility index (Phi) is 4.41. The third-order valence-electron chi connectivity index (χ3n) is 3.19. The zero-order valence-corrected chi connectivity index (χ0v) is 12.3. The number of nitro groups is 1. The fourth-order valence-electron chi connectivity index (χ4n) is 1.96. The molecule has 0 aliphatic rings. The molecule has 0 saturated carbocycles. The average Bonchev–Trinajstić information content (AvgIpc) is 2.47. The number of primary amides is 1. The van der Waals surface area contributed by atoms with Gasteiger partial charge in [0.1, 0.15) is 5.75 Å². The van der Waals surface area contributed by atoms with Gasteiger partial charge in [0.25, 0.3) is 0 Å². The monoisotopic (exact) mass is 300 g/mol. The molecule has 114 valence electrons. The Balaban J connectivity index is 2.39. The summed E-state index contributed by atoms with van der Waals surface area (Å²) < 4.78 is 5.60. The first-order chi connectivity index (χ1) is 10.4. The second kappa shape index (κ2) is 6.26. The van der Waals surface area contributed by atoms with E-state index < -0.39 is 10.8 Å². The molecule has 2 N–H and O–H groups in total. The van der Waals surface area contributed by atoms with Gasteiger partial charge in [0.05, 0.1) is 4.92 Å². The highest BCUT2D eigenvalue weighted by molar-refractivity contribution is 5.93. The highest BCUT2D eigenvalue weighted by Crippen LogP contribution is 2.33. The summed E-state index contributed by atoms with van der Waals surface area (Å²) >= 11 is 0. The van der Waals surface area contributed by atoms with Crippen molar-refractivity contribution in [1.82, 2.24) is 0 Å². The van der Waals surface area contributed by atoms with Crippen LogP contribution in [0.2, 0.25) is 0 Å². The minimum atomic E-state index is -0.726. The highest BCUT2D eigenvalue weighted by atomic mass is 16.6. The Morgan fingerprint density at radius 2 is 1.95 bits per heavy atom. The van der Waals surface area contributed by atoms with Gasteiger partial charge in [-0.05, 0) is 35.7 Å². The van der Waals surface area contributed by atoms with Crippen molar-refractivity contribution >= 4 is 11.6 Å². The van der Waals surface area contributed by atoms with E-state index in [1.165, 1.54) is 12.1 Å². The molecule has 0 aromatic heterocycles. The van der Waals surface area contributed by atoms with Crippen molar-refractivity contribution in [3.63, 3.8) is 0 Å². The number of amides is 1. The van der Waals surface area contributed by atoms with Gasteiger partial charge in [-0.15, -0.1) is 0 Å². The van der Waals surface area contributed by atoms with E-state index in [1.54, 1.807) is 6.07 Å². The number of nitrogens with two attached hydrogens (primary N) is 1. The highest BCUT2D eigenvalue weighted by Gasteiger charge is 2.18. The van der Waals surface area contributed by atoms with Crippen LogP contribution in [-0.2, 0) is 0 Å². The first kappa shape index (κ1) is 15.5. The molecule has 0 spiro atoms. The van der Waals surface area contributed by atoms with Gasteiger partial charge in [0.15, 0.2) is 0 Å². The molecule has 1 amide bonds. The predicted octanol–water partition coefficient (Wildman–Crippen LogP) is 3.61. The van der Waals surface area contributed by atoms with Crippen molar-refractivity contribution in [2.75, 3.05) is 0 Å². The van der Waals surface area contributed by atoms with Crippen LogP contribution in [0.3, 0.4) is 0 Å². The molecule has 0 fully saturated rings. The van der Waals surface area contributed by atoms with E-state index in [0.29, 0.717) is 11.7 Å². The summed E-state index contributed by atoms with van der Waals surface area (Å²) in [6, 6.07) is 11.2. The fourth-order valence-corrected chi connectivity index (χ4v) is 1.96. The summed E-state index contributed by atoms with van der Waals surface area (Å²) in [5, 5.41) is 11.1. The maximum absolute atomic E-state index is 11.1. The van der Waals surface area contributed by atoms with Crippen molar-refractivity contribution in [2.24, 2.45) is 5.73 Å². The van der Waals surface area contributed by atoms with E-state index in [1.807, 2.05) is 32.0 Å². The van der Waals surface area contributed by atoms with Gasteiger partial charge in [-0.3, -0.25) is 14.9 Å². The van der Waals surface area contributed by atoms with Gasteiger partial charge in [-0.2, -0.15) is 0 Å². The second-order valence-electron chi connectivity index (χ2n) is 5.13. The quantitative estimate of drug-likeness (QED) is 0.674. The number of rotatable bonds is 5. The molecule has 22 heavy (non-hydrogen) atoms. The molecule has 0 radical (unpaired) electrons. The molecule has 2 rings (SSSR count). The fraction of sp³-hybridized carbons (Fsp3) is 0.188. The molecule has 0 unspecified atom stereocenters. The lowest BCUT2D eigenvalue weighted by Crippen LogP contribution is -2.11. The standard InChI is InChI=1S/C16H16N2O4/c1-10(2)11-4-3-5-13(8-11)22-15-7-6-12(16(17)19)9-14(15)18(20)21/h3-10H,1-2H3,(H2,17,19). The van der Waals surface area contributed by atoms with E-state index in [0.717, 1.165) is 11.6 Å². The van der Waals surface area contributed by atoms with Crippen molar-refractivity contribution in [3.8, 4) is 11.5 Å². The normalized spacial score (nSPS) is 10.5. The summed E-state index contributed by atoms with van der Waals surface area (Å²) in [5.74, 6) is 0.157. The zero-order valence-electron chi connectivity index (χ0n) is 12.3. The second-order valence-corrected chi connectivity index (χ2v) is 5.13. The van der Waals surface area contributed by atoms with Crippen molar-refractivity contribution < 1.29 is 14.5 Å². The minimum Gasteiger partial charge on any atom is -0.450 e. The van der Waals surface area contributed by atoms with Crippen LogP contribution < -0.4 is 10.5 Å². The predicted molar refractivity (Wildman–Crippen MR) is 82.2 cm³/mol. The summed E-state index contributed by atoms with van der Waals surface area (Å²) in [6.07, 6.45) is 0. The topological polar surface area (TPSA) is 95.5 Å². The van der Waals surface area contributed by atoms with Crippen LogP contribution >= 0.6 is 0 Å². The SMILES string of the molecule is CC(C)c1cccc(Oc2ccc(C(N)=O)cc2[N+](=O)[O-])c1. The molecule has 0 bridgehead atoms. The van der Waals surface area contributed by atoms with Crippen LogP contribution in [-0.4, -0.2) is 10.8 Å². The first-order valence-corrected chi connectivity index (χ1v) is 6.74. The number of carbonyl (C=O) groups is 1. The lowest BCUT2D eigenvalue weighted by atomic mass is 10.0. The smallest absolute Gasteiger partial charge is 0.312 e. The maximum atomic E-state index is 11.1. The first-order valence-electron chi connectivity index (χ1n) is 6.74. The van der Waals surface area contributed by atoms with Gasteiger partial charge < -0.3 is 10.5 Å². The molecule has 6 heteroatoms. The van der Waals surface area contributed by atoms with E-state index in [2.05, 4.69) is 0 Å². The lowest BCUT2D eigenvalue weighted by molar-refractivity contribution is -0.385. The van der Waals surface area contributed by atoms with Gasteiger partial charge in [0.2, 0.25) is 11.7 Å². The number of carbonyl (C=O) groups excluding carboxylic acids is 1. The van der Waals surface area contributed by atoms with Gasteiger partial charge in [0, 0.05) is 11.6 Å². The molecule has 0 saturated heterocycles. The van der Waals surface area contributed by atoms with Crippen LogP contribution in [0.15, 0.2) is 42.5 Å². The van der Waals surface area contributed by atoms with Gasteiger partial charge in [-0.1, -0.05) is 26.0 Å². The molecule has 0 aliphatic heterocycles. The third-order valence-corrected chi connectivity index (χ3v) is 3.19. The van der Waals surface area contributed by atoms with Crippen molar-refractivity contribution in [1.29, 1.82) is 0 Å². The number of benzene rings is 2. The molecule has 6 nitrogen and oxygen atoms in total. The van der Waals surface area contributed by atoms with Crippen molar-refractivity contribution in [3.05, 3.63) is 63.7 Å². The number of nitrogens with zero attached hydrogens (tertiary/aromatic N) is 1. The Hall–Kier alpha value is -2.89. The van der Waals surface area contributed by atoms with E-state index in [4.69, 9.17) is 10.5 Å². The van der Waals surface area contributed by atoms with Crippen molar-refractivity contribution in [2.45, 2.75) is 19.8 Å². The summed E-state index contributed by atoms with van der Waals surface area (Å²) in [6.45, 7) is 4.09. The Labute approximate surface area is 127 Å². The van der Waals surface area contributed by atoms with Crippen LogP contribution in [0, 0.1) is 10.1 Å². The summed E-state index contributed by atoms with van der Waals surface area (Å²) in [4.78, 5) is 21.7. The summed E-state index contributed by atoms with van der Waals surface area (Å²) in [5.41, 5.74) is 5.97. The number of ether oxygens (including phenoxy) is 1. The molecule has 0 aliphatic carbocycles. The molecular formula is C16H16N2O4. The van der Waals surface area contributed by atoms with E-state index in [-0.39, 0.29) is 17.0 Å². The van der Waals surface area contributed by atoms with E-state index in [9.17, 15) is 14.9 Å². The van der Waals surface area contributed by atoms with Gasteiger partial charge >= 0.3 is 5.69 Å². The molecule has 2 aromatic carbocycles. The molecule has 2 aromatic rings. The number of hydrogen-bond donors (Lipinski definition) is 1. The lowest BCUT2D eigenvalue weighted by Gasteiger charge is -2.10. The summed E-state index contributed by atoms with van der Waals surface area (Å²) in [7, 11) is 0.